The number of aliphatic hydroxyl groups excluding tert-OH is 1. The van der Waals surface area contributed by atoms with Gasteiger partial charge in [0.25, 0.3) is 0 Å². The predicted octanol–water partition coefficient (Wildman–Crippen LogP) is -0.107. The summed E-state index contributed by atoms with van der Waals surface area (Å²) in [6, 6.07) is 0. The van der Waals surface area contributed by atoms with Crippen LogP contribution in [0.5, 0.6) is 0 Å². The summed E-state index contributed by atoms with van der Waals surface area (Å²) in [6.07, 6.45) is 1.47. The van der Waals surface area contributed by atoms with E-state index in [0.29, 0.717) is 12.8 Å². The molecule has 7 unspecified atom stereocenters. The second-order valence-electron chi connectivity index (χ2n) is 7.78. The summed E-state index contributed by atoms with van der Waals surface area (Å²) >= 11 is 0. The molecule has 7 atom stereocenters. The molecule has 6 nitrogen and oxygen atoms in total. The predicted molar refractivity (Wildman–Crippen MR) is 76.3 cm³/mol. The third-order valence-corrected chi connectivity index (χ3v) is 5.63. The number of epoxide rings is 2. The molecule has 4 fully saturated rings. The minimum atomic E-state index is -1.07. The van der Waals surface area contributed by atoms with E-state index < -0.39 is 29.0 Å². The summed E-state index contributed by atoms with van der Waals surface area (Å²) in [5, 5.41) is 30.3. The maximum absolute atomic E-state index is 11.0. The lowest BCUT2D eigenvalue weighted by atomic mass is 9.74. The van der Waals surface area contributed by atoms with Crippen LogP contribution < -0.4 is 0 Å². The summed E-state index contributed by atoms with van der Waals surface area (Å²) in [4.78, 5) is 0. The molecular formula is C16H24O6. The number of ether oxygens (including phenoxy) is 3. The molecule has 3 heterocycles. The van der Waals surface area contributed by atoms with Crippen LogP contribution in [0.25, 0.3) is 0 Å². The SMILES string of the molecule is C/C(=C\CC12OC1C1OC(C(C)(C)O)CC1(O)C1OC12)CO. The van der Waals surface area contributed by atoms with Crippen LogP contribution in [0.2, 0.25) is 0 Å². The largest absolute Gasteiger partial charge is 0.392 e. The second-order valence-corrected chi connectivity index (χ2v) is 7.78. The third kappa shape index (κ3) is 1.89. The summed E-state index contributed by atoms with van der Waals surface area (Å²) in [5.74, 6) is 0. The smallest absolute Gasteiger partial charge is 0.130 e. The van der Waals surface area contributed by atoms with Crippen molar-refractivity contribution >= 4 is 0 Å². The monoisotopic (exact) mass is 312 g/mol. The topological polar surface area (TPSA) is 95.0 Å². The molecule has 1 saturated carbocycles. The van der Waals surface area contributed by atoms with Gasteiger partial charge in [0.15, 0.2) is 0 Å². The van der Waals surface area contributed by atoms with Gasteiger partial charge >= 0.3 is 0 Å². The Labute approximate surface area is 129 Å². The number of fused-ring (bicyclic) bond motifs is 6. The molecule has 0 aromatic carbocycles. The van der Waals surface area contributed by atoms with E-state index >= 15 is 0 Å². The van der Waals surface area contributed by atoms with Crippen molar-refractivity contribution in [3.05, 3.63) is 11.6 Å². The Morgan fingerprint density at radius 3 is 2.55 bits per heavy atom. The standard InChI is InChI=1S/C16H24O6/c1-8(7-17)4-5-16-12-10(21-12)15(19)6-9(14(2,3)18)20-11(15)13(16)22-16/h4,9-13,17-19H,5-7H2,1-3H3/b8-4+. The minimum Gasteiger partial charge on any atom is -0.392 e. The first-order valence-electron chi connectivity index (χ1n) is 7.92. The van der Waals surface area contributed by atoms with Crippen LogP contribution in [0.4, 0.5) is 0 Å². The molecule has 22 heavy (non-hydrogen) atoms. The zero-order valence-corrected chi connectivity index (χ0v) is 13.2. The Morgan fingerprint density at radius 2 is 1.91 bits per heavy atom. The van der Waals surface area contributed by atoms with Crippen LogP contribution in [-0.2, 0) is 14.2 Å². The third-order valence-electron chi connectivity index (χ3n) is 5.63. The van der Waals surface area contributed by atoms with E-state index in [1.165, 1.54) is 0 Å². The highest BCUT2D eigenvalue weighted by atomic mass is 16.7. The van der Waals surface area contributed by atoms with Crippen molar-refractivity contribution in [2.45, 2.75) is 80.9 Å². The summed E-state index contributed by atoms with van der Waals surface area (Å²) < 4.78 is 17.7. The Balaban J connectivity index is 1.57. The lowest BCUT2D eigenvalue weighted by molar-refractivity contribution is -0.108. The highest BCUT2D eigenvalue weighted by Gasteiger charge is 2.84. The van der Waals surface area contributed by atoms with Gasteiger partial charge in [-0.2, -0.15) is 0 Å². The van der Waals surface area contributed by atoms with Crippen LogP contribution >= 0.6 is 0 Å². The second kappa shape index (κ2) is 4.32. The maximum atomic E-state index is 11.0. The van der Waals surface area contributed by atoms with Crippen molar-refractivity contribution in [2.24, 2.45) is 0 Å². The normalized spacial score (nSPS) is 52.8. The molecule has 1 aliphatic carbocycles. The molecule has 6 heteroatoms. The molecule has 0 amide bonds. The molecule has 0 aromatic rings. The van der Waals surface area contributed by atoms with Crippen molar-refractivity contribution in [1.29, 1.82) is 0 Å². The van der Waals surface area contributed by atoms with E-state index in [0.717, 1.165) is 5.57 Å². The Bertz CT molecular complexity index is 525. The van der Waals surface area contributed by atoms with Gasteiger partial charge < -0.3 is 29.5 Å². The molecule has 4 aliphatic rings. The molecule has 0 spiro atoms. The molecule has 4 rings (SSSR count). The van der Waals surface area contributed by atoms with Crippen molar-refractivity contribution < 1.29 is 29.5 Å². The Kier molecular flexibility index (Phi) is 2.95. The van der Waals surface area contributed by atoms with E-state index in [1.807, 2.05) is 13.0 Å². The quantitative estimate of drug-likeness (QED) is 0.495. The fourth-order valence-corrected chi connectivity index (χ4v) is 4.08. The maximum Gasteiger partial charge on any atom is 0.130 e. The van der Waals surface area contributed by atoms with Gasteiger partial charge in [0, 0.05) is 12.8 Å². The fourth-order valence-electron chi connectivity index (χ4n) is 4.08. The van der Waals surface area contributed by atoms with Crippen LogP contribution in [0.3, 0.4) is 0 Å². The van der Waals surface area contributed by atoms with Gasteiger partial charge in [-0.1, -0.05) is 11.6 Å². The van der Waals surface area contributed by atoms with Crippen molar-refractivity contribution in [2.75, 3.05) is 6.61 Å². The van der Waals surface area contributed by atoms with Crippen LogP contribution in [0.15, 0.2) is 11.6 Å². The van der Waals surface area contributed by atoms with Gasteiger partial charge in [-0.05, 0) is 20.8 Å². The molecule has 0 aromatic heterocycles. The summed E-state index contributed by atoms with van der Waals surface area (Å²) in [6.45, 7) is 5.28. The van der Waals surface area contributed by atoms with E-state index in [4.69, 9.17) is 19.3 Å². The first-order chi connectivity index (χ1) is 10.2. The number of hydrogen-bond donors (Lipinski definition) is 3. The highest BCUT2D eigenvalue weighted by molar-refractivity contribution is 5.33. The Hall–Kier alpha value is -0.500. The molecular weight excluding hydrogens is 288 g/mol. The van der Waals surface area contributed by atoms with E-state index in [2.05, 4.69) is 0 Å². The van der Waals surface area contributed by atoms with Gasteiger partial charge in [-0.25, -0.2) is 0 Å². The Morgan fingerprint density at radius 1 is 1.23 bits per heavy atom. The van der Waals surface area contributed by atoms with E-state index in [9.17, 15) is 10.2 Å². The number of hydrogen-bond acceptors (Lipinski definition) is 6. The van der Waals surface area contributed by atoms with Gasteiger partial charge in [0.1, 0.15) is 35.6 Å². The van der Waals surface area contributed by atoms with E-state index in [1.54, 1.807) is 13.8 Å². The van der Waals surface area contributed by atoms with Crippen LogP contribution in [-0.4, -0.2) is 69.2 Å². The van der Waals surface area contributed by atoms with Gasteiger partial charge in [-0.15, -0.1) is 0 Å². The average molecular weight is 312 g/mol. The number of rotatable bonds is 4. The fraction of sp³-hybridized carbons (Fsp3) is 0.875. The van der Waals surface area contributed by atoms with Crippen molar-refractivity contribution in [1.82, 2.24) is 0 Å². The molecule has 124 valence electrons. The van der Waals surface area contributed by atoms with Crippen molar-refractivity contribution in [3.63, 3.8) is 0 Å². The molecule has 3 saturated heterocycles. The van der Waals surface area contributed by atoms with Gasteiger partial charge in [0.05, 0.1) is 18.3 Å². The first-order valence-corrected chi connectivity index (χ1v) is 7.92. The van der Waals surface area contributed by atoms with E-state index in [-0.39, 0.29) is 24.9 Å². The molecule has 0 radical (unpaired) electrons. The minimum absolute atomic E-state index is 0.0281. The highest BCUT2D eigenvalue weighted by Crippen LogP contribution is 2.65. The van der Waals surface area contributed by atoms with Gasteiger partial charge in [-0.3, -0.25) is 0 Å². The summed E-state index contributed by atoms with van der Waals surface area (Å²) in [7, 11) is 0. The molecule has 3 N–H and O–H groups in total. The zero-order valence-electron chi connectivity index (χ0n) is 13.2. The average Bonchev–Trinajstić information content (AvgIpc) is 3.32. The molecule has 0 bridgehead atoms. The zero-order chi connectivity index (χ0) is 15.9. The van der Waals surface area contributed by atoms with Crippen molar-refractivity contribution in [3.8, 4) is 0 Å². The lowest BCUT2D eigenvalue weighted by Gasteiger charge is -2.30. The van der Waals surface area contributed by atoms with Crippen LogP contribution in [0.1, 0.15) is 33.6 Å². The van der Waals surface area contributed by atoms with Gasteiger partial charge in [0.2, 0.25) is 0 Å². The lowest BCUT2D eigenvalue weighted by Crippen LogP contribution is -2.54. The number of aliphatic hydroxyl groups is 3. The molecule has 3 aliphatic heterocycles. The first kappa shape index (κ1) is 15.1. The van der Waals surface area contributed by atoms with Crippen LogP contribution in [0, 0.1) is 0 Å². The summed E-state index contributed by atoms with van der Waals surface area (Å²) in [5.41, 5.74) is -1.63.